The van der Waals surface area contributed by atoms with Gasteiger partial charge in [-0.3, -0.25) is 4.79 Å². The molecule has 0 aliphatic carbocycles. The number of carbonyl (C=O) groups excluding carboxylic acids is 1. The van der Waals surface area contributed by atoms with Gasteiger partial charge in [-0.25, -0.2) is 0 Å². The first-order valence-electron chi connectivity index (χ1n) is 6.53. The fourth-order valence-electron chi connectivity index (χ4n) is 2.16. The Morgan fingerprint density at radius 3 is 3.05 bits per heavy atom. The Bertz CT molecular complexity index is 433. The maximum atomic E-state index is 11.9. The van der Waals surface area contributed by atoms with Gasteiger partial charge in [0.25, 0.3) is 0 Å². The molecule has 1 heterocycles. The lowest BCUT2D eigenvalue weighted by Gasteiger charge is -2.24. The van der Waals surface area contributed by atoms with Gasteiger partial charge in [0.15, 0.2) is 0 Å². The molecule has 0 spiro atoms. The monoisotopic (exact) mass is 282 g/mol. The van der Waals surface area contributed by atoms with Crippen LogP contribution in [0, 0.1) is 0 Å². The molecule has 0 radical (unpaired) electrons. The Hall–Kier alpha value is -1.10. The lowest BCUT2D eigenvalue weighted by atomic mass is 10.1. The van der Waals surface area contributed by atoms with Crippen molar-refractivity contribution in [3.05, 3.63) is 34.9 Å². The first-order valence-corrected chi connectivity index (χ1v) is 6.90. The van der Waals surface area contributed by atoms with Gasteiger partial charge in [0.05, 0.1) is 25.2 Å². The number of benzene rings is 1. The number of ether oxygens (including phenoxy) is 1. The number of carbonyl (C=O) groups is 1. The molecular weight excluding hydrogens is 264 g/mol. The van der Waals surface area contributed by atoms with Crippen LogP contribution < -0.4 is 10.6 Å². The van der Waals surface area contributed by atoms with Gasteiger partial charge in [-0.1, -0.05) is 29.8 Å². The van der Waals surface area contributed by atoms with E-state index in [1.165, 1.54) is 0 Å². The van der Waals surface area contributed by atoms with E-state index in [1.807, 2.05) is 31.2 Å². The van der Waals surface area contributed by atoms with Gasteiger partial charge in [-0.05, 0) is 18.6 Å². The number of nitrogens with one attached hydrogen (secondary N) is 2. The van der Waals surface area contributed by atoms with E-state index in [-0.39, 0.29) is 18.1 Å². The fourth-order valence-corrected chi connectivity index (χ4v) is 2.46. The van der Waals surface area contributed by atoms with Gasteiger partial charge in [0.1, 0.15) is 0 Å². The van der Waals surface area contributed by atoms with Crippen molar-refractivity contribution in [2.24, 2.45) is 0 Å². The van der Waals surface area contributed by atoms with Crippen molar-refractivity contribution in [3.63, 3.8) is 0 Å². The predicted molar refractivity (Wildman–Crippen MR) is 75.2 cm³/mol. The molecule has 5 heteroatoms. The first-order chi connectivity index (χ1) is 9.16. The minimum atomic E-state index is -0.0993. The Morgan fingerprint density at radius 1 is 1.58 bits per heavy atom. The number of rotatable bonds is 4. The fraction of sp³-hybridized carbons (Fsp3) is 0.500. The average Bonchev–Trinajstić information content (AvgIpc) is 2.40. The highest BCUT2D eigenvalue weighted by molar-refractivity contribution is 6.31. The summed E-state index contributed by atoms with van der Waals surface area (Å²) in [5.74, 6) is -0.0129. The van der Waals surface area contributed by atoms with Crippen molar-refractivity contribution in [2.75, 3.05) is 19.7 Å². The maximum Gasteiger partial charge on any atom is 0.223 e. The van der Waals surface area contributed by atoms with E-state index in [2.05, 4.69) is 10.6 Å². The summed E-state index contributed by atoms with van der Waals surface area (Å²) in [5, 5.41) is 6.83. The zero-order valence-electron chi connectivity index (χ0n) is 11.0. The normalized spacial score (nSPS) is 20.8. The van der Waals surface area contributed by atoms with Gasteiger partial charge >= 0.3 is 0 Å². The van der Waals surface area contributed by atoms with Crippen LogP contribution in [0.1, 0.15) is 24.9 Å². The molecule has 0 aromatic heterocycles. The van der Waals surface area contributed by atoms with Gasteiger partial charge < -0.3 is 15.4 Å². The second kappa shape index (κ2) is 6.89. The van der Waals surface area contributed by atoms with Crippen LogP contribution in [-0.4, -0.2) is 31.7 Å². The molecule has 1 amide bonds. The van der Waals surface area contributed by atoms with Crippen molar-refractivity contribution in [1.82, 2.24) is 10.6 Å². The highest BCUT2D eigenvalue weighted by Crippen LogP contribution is 2.22. The van der Waals surface area contributed by atoms with Crippen LogP contribution in [0.5, 0.6) is 0 Å². The summed E-state index contributed by atoms with van der Waals surface area (Å²) >= 11 is 6.11. The van der Waals surface area contributed by atoms with Crippen molar-refractivity contribution in [2.45, 2.75) is 25.5 Å². The van der Waals surface area contributed by atoms with Crippen LogP contribution in [0.3, 0.4) is 0 Å². The molecule has 1 aromatic rings. The summed E-state index contributed by atoms with van der Waals surface area (Å²) < 4.78 is 5.51. The highest BCUT2D eigenvalue weighted by Gasteiger charge is 2.19. The molecular formula is C14H19ClN2O2. The van der Waals surface area contributed by atoms with E-state index in [0.717, 1.165) is 18.7 Å². The minimum Gasteiger partial charge on any atom is -0.375 e. The zero-order chi connectivity index (χ0) is 13.7. The molecule has 1 aliphatic rings. The average molecular weight is 283 g/mol. The molecule has 2 rings (SSSR count). The molecule has 104 valence electrons. The molecule has 19 heavy (non-hydrogen) atoms. The molecule has 4 nitrogen and oxygen atoms in total. The van der Waals surface area contributed by atoms with Crippen LogP contribution >= 0.6 is 11.6 Å². The van der Waals surface area contributed by atoms with E-state index >= 15 is 0 Å². The number of hydrogen-bond acceptors (Lipinski definition) is 3. The van der Waals surface area contributed by atoms with Crippen molar-refractivity contribution in [1.29, 1.82) is 0 Å². The third-order valence-corrected chi connectivity index (χ3v) is 3.51. The third kappa shape index (κ3) is 4.20. The molecule has 1 aromatic carbocycles. The topological polar surface area (TPSA) is 50.4 Å². The minimum absolute atomic E-state index is 0.0129. The SMILES string of the molecule is CC(NC(=O)CC1CNCCO1)c1ccccc1Cl. The lowest BCUT2D eigenvalue weighted by Crippen LogP contribution is -2.41. The van der Waals surface area contributed by atoms with Crippen LogP contribution in [-0.2, 0) is 9.53 Å². The Morgan fingerprint density at radius 2 is 2.37 bits per heavy atom. The molecule has 2 unspecified atom stereocenters. The van der Waals surface area contributed by atoms with E-state index in [4.69, 9.17) is 16.3 Å². The molecule has 1 saturated heterocycles. The Labute approximate surface area is 118 Å². The van der Waals surface area contributed by atoms with Crippen LogP contribution in [0.25, 0.3) is 0 Å². The Kier molecular flexibility index (Phi) is 5.19. The van der Waals surface area contributed by atoms with E-state index in [1.54, 1.807) is 0 Å². The van der Waals surface area contributed by atoms with Gasteiger partial charge in [0.2, 0.25) is 5.91 Å². The molecule has 1 aliphatic heterocycles. The van der Waals surface area contributed by atoms with E-state index in [0.29, 0.717) is 18.1 Å². The maximum absolute atomic E-state index is 11.9. The number of amides is 1. The summed E-state index contributed by atoms with van der Waals surface area (Å²) in [4.78, 5) is 11.9. The van der Waals surface area contributed by atoms with E-state index in [9.17, 15) is 4.79 Å². The van der Waals surface area contributed by atoms with Crippen molar-refractivity contribution >= 4 is 17.5 Å². The first kappa shape index (κ1) is 14.3. The van der Waals surface area contributed by atoms with Gasteiger partial charge in [0, 0.05) is 18.1 Å². The second-order valence-electron chi connectivity index (χ2n) is 4.71. The lowest BCUT2D eigenvalue weighted by molar-refractivity contribution is -0.125. The zero-order valence-corrected chi connectivity index (χ0v) is 11.7. The van der Waals surface area contributed by atoms with E-state index < -0.39 is 0 Å². The van der Waals surface area contributed by atoms with Crippen molar-refractivity contribution in [3.8, 4) is 0 Å². The molecule has 0 saturated carbocycles. The summed E-state index contributed by atoms with van der Waals surface area (Å²) in [6.45, 7) is 4.18. The summed E-state index contributed by atoms with van der Waals surface area (Å²) in [5.41, 5.74) is 0.931. The molecule has 1 fully saturated rings. The largest absolute Gasteiger partial charge is 0.375 e. The highest BCUT2D eigenvalue weighted by atomic mass is 35.5. The summed E-state index contributed by atoms with van der Waals surface area (Å²) in [6, 6.07) is 7.44. The van der Waals surface area contributed by atoms with Gasteiger partial charge in [-0.15, -0.1) is 0 Å². The predicted octanol–water partition coefficient (Wildman–Crippen LogP) is 1.90. The van der Waals surface area contributed by atoms with Crippen LogP contribution in [0.2, 0.25) is 5.02 Å². The van der Waals surface area contributed by atoms with Crippen LogP contribution in [0.4, 0.5) is 0 Å². The second-order valence-corrected chi connectivity index (χ2v) is 5.12. The number of morpholine rings is 1. The van der Waals surface area contributed by atoms with Crippen LogP contribution in [0.15, 0.2) is 24.3 Å². The van der Waals surface area contributed by atoms with Gasteiger partial charge in [-0.2, -0.15) is 0 Å². The number of hydrogen-bond donors (Lipinski definition) is 2. The standard InChI is InChI=1S/C14H19ClN2O2/c1-10(12-4-2-3-5-13(12)15)17-14(18)8-11-9-16-6-7-19-11/h2-5,10-11,16H,6-9H2,1H3,(H,17,18). The summed E-state index contributed by atoms with van der Waals surface area (Å²) in [7, 11) is 0. The number of halogens is 1. The molecule has 2 atom stereocenters. The smallest absolute Gasteiger partial charge is 0.223 e. The molecule has 0 bridgehead atoms. The molecule has 2 N–H and O–H groups in total. The summed E-state index contributed by atoms with van der Waals surface area (Å²) in [6.07, 6.45) is 0.342. The quantitative estimate of drug-likeness (QED) is 0.887. The van der Waals surface area contributed by atoms with Crippen molar-refractivity contribution < 1.29 is 9.53 Å². The Balaban J connectivity index is 1.86. The third-order valence-electron chi connectivity index (χ3n) is 3.17.